The lowest BCUT2D eigenvalue weighted by atomic mass is 9.90. The summed E-state index contributed by atoms with van der Waals surface area (Å²) in [5.74, 6) is 0. The first-order valence-electron chi connectivity index (χ1n) is 21.2. The highest BCUT2D eigenvalue weighted by Gasteiger charge is 2.16. The SMILES string of the molecule is c1ccc(-c2ccc3ccc4ccc(-c5ccc6c7ccc(-c8ccc(-c9nc%10ccccc%10c%10c9ccc9ccccc9%10)cc8)cc7c7ccccc7c6c5)nc4c3n2)cc1. The number of fused-ring (bicyclic) bond motifs is 14. The molecule has 13 rings (SSSR count). The molecule has 0 aliphatic heterocycles. The first kappa shape index (κ1) is 34.6. The maximum absolute atomic E-state index is 5.30. The summed E-state index contributed by atoms with van der Waals surface area (Å²) in [4.78, 5) is 15.7. The van der Waals surface area contributed by atoms with E-state index in [9.17, 15) is 0 Å². The molecular formula is C59H35N3. The second-order valence-corrected chi connectivity index (χ2v) is 16.3. The largest absolute Gasteiger partial charge is 0.247 e. The van der Waals surface area contributed by atoms with Crippen molar-refractivity contribution in [1.29, 1.82) is 0 Å². The number of benzene rings is 10. The molecule has 0 aliphatic carbocycles. The van der Waals surface area contributed by atoms with Crippen molar-refractivity contribution in [3.63, 3.8) is 0 Å². The molecule has 0 radical (unpaired) electrons. The van der Waals surface area contributed by atoms with Crippen LogP contribution in [-0.2, 0) is 0 Å². The summed E-state index contributed by atoms with van der Waals surface area (Å²) in [5, 5.41) is 15.6. The Hall–Kier alpha value is -8.27. The lowest BCUT2D eigenvalue weighted by molar-refractivity contribution is 1.37. The molecule has 3 heteroatoms. The molecule has 3 aromatic heterocycles. The molecule has 0 bridgehead atoms. The fourth-order valence-electron chi connectivity index (χ4n) is 9.76. The fourth-order valence-corrected chi connectivity index (χ4v) is 9.76. The van der Waals surface area contributed by atoms with Crippen LogP contribution in [0.5, 0.6) is 0 Å². The highest BCUT2D eigenvalue weighted by atomic mass is 14.8. The van der Waals surface area contributed by atoms with E-state index < -0.39 is 0 Å². The van der Waals surface area contributed by atoms with Gasteiger partial charge in [0.2, 0.25) is 0 Å². The average molecular weight is 786 g/mol. The maximum Gasteiger partial charge on any atom is 0.0972 e. The Bertz CT molecular complexity index is 3930. The van der Waals surface area contributed by atoms with Gasteiger partial charge in [0.05, 0.1) is 33.6 Å². The minimum absolute atomic E-state index is 0.914. The highest BCUT2D eigenvalue weighted by Crippen LogP contribution is 2.41. The molecule has 13 aromatic rings. The van der Waals surface area contributed by atoms with Crippen molar-refractivity contribution in [3.8, 4) is 44.9 Å². The zero-order chi connectivity index (χ0) is 40.7. The standard InChI is InChI=1S/C59H35N3/c1-2-11-38(12-3-1)53-32-27-40-22-23-41-28-33-54(61-59(41)58(40)60-53)43-26-30-48-47-29-25-42(34-51(47)45-14-6-7-15-46(45)52(48)35-43)36-18-20-39(21-19-36)57-50-31-24-37-10-4-5-13-44(37)56(50)49-16-8-9-17-55(49)62-57/h1-35H. The molecular weight excluding hydrogens is 751 g/mol. The van der Waals surface area contributed by atoms with Gasteiger partial charge in [0.1, 0.15) is 0 Å². The van der Waals surface area contributed by atoms with Gasteiger partial charge in [0, 0.05) is 43.6 Å². The number of pyridine rings is 3. The molecule has 0 N–H and O–H groups in total. The van der Waals surface area contributed by atoms with Crippen LogP contribution in [0.1, 0.15) is 0 Å². The van der Waals surface area contributed by atoms with Gasteiger partial charge in [-0.05, 0) is 84.5 Å². The number of aromatic nitrogens is 3. The summed E-state index contributed by atoms with van der Waals surface area (Å²) in [6, 6.07) is 76.3. The van der Waals surface area contributed by atoms with E-state index in [0.29, 0.717) is 0 Å². The van der Waals surface area contributed by atoms with Gasteiger partial charge in [-0.3, -0.25) is 0 Å². The Morgan fingerprint density at radius 3 is 1.44 bits per heavy atom. The third-order valence-corrected chi connectivity index (χ3v) is 12.8. The van der Waals surface area contributed by atoms with Gasteiger partial charge in [-0.2, -0.15) is 0 Å². The van der Waals surface area contributed by atoms with Crippen LogP contribution in [0.15, 0.2) is 212 Å². The summed E-state index contributed by atoms with van der Waals surface area (Å²) in [6.45, 7) is 0. The summed E-state index contributed by atoms with van der Waals surface area (Å²) in [7, 11) is 0. The Balaban J connectivity index is 0.908. The molecule has 62 heavy (non-hydrogen) atoms. The first-order valence-corrected chi connectivity index (χ1v) is 21.2. The summed E-state index contributed by atoms with van der Waals surface area (Å²) in [6.07, 6.45) is 0. The minimum atomic E-state index is 0.914. The highest BCUT2D eigenvalue weighted by molar-refractivity contribution is 6.26. The molecule has 0 amide bonds. The van der Waals surface area contributed by atoms with Gasteiger partial charge in [0.15, 0.2) is 0 Å². The maximum atomic E-state index is 5.30. The molecule has 3 heterocycles. The minimum Gasteiger partial charge on any atom is -0.247 e. The Kier molecular flexibility index (Phi) is 7.60. The summed E-state index contributed by atoms with van der Waals surface area (Å²) in [5.41, 5.74) is 11.4. The van der Waals surface area contributed by atoms with Crippen molar-refractivity contribution in [2.24, 2.45) is 0 Å². The monoisotopic (exact) mass is 785 g/mol. The van der Waals surface area contributed by atoms with E-state index >= 15 is 0 Å². The molecule has 0 spiro atoms. The molecule has 0 saturated heterocycles. The molecule has 10 aromatic carbocycles. The molecule has 0 aliphatic rings. The average Bonchev–Trinajstić information content (AvgIpc) is 3.35. The zero-order valence-electron chi connectivity index (χ0n) is 33.5. The van der Waals surface area contributed by atoms with Crippen molar-refractivity contribution in [2.75, 3.05) is 0 Å². The van der Waals surface area contributed by atoms with Crippen LogP contribution in [0, 0.1) is 0 Å². The van der Waals surface area contributed by atoms with E-state index in [4.69, 9.17) is 15.0 Å². The van der Waals surface area contributed by atoms with Crippen molar-refractivity contribution in [1.82, 2.24) is 15.0 Å². The van der Waals surface area contributed by atoms with E-state index in [1.165, 1.54) is 70.4 Å². The Morgan fingerprint density at radius 1 is 0.242 bits per heavy atom. The number of rotatable bonds is 4. The van der Waals surface area contributed by atoms with E-state index in [0.717, 1.165) is 61.1 Å². The molecule has 0 unspecified atom stereocenters. The lowest BCUT2D eigenvalue weighted by Crippen LogP contribution is -1.91. The lowest BCUT2D eigenvalue weighted by Gasteiger charge is -2.14. The molecule has 0 fully saturated rings. The van der Waals surface area contributed by atoms with E-state index in [1.54, 1.807) is 0 Å². The van der Waals surface area contributed by atoms with Crippen LogP contribution in [0.2, 0.25) is 0 Å². The van der Waals surface area contributed by atoms with Crippen LogP contribution in [0.3, 0.4) is 0 Å². The van der Waals surface area contributed by atoms with E-state index in [-0.39, 0.29) is 0 Å². The quantitative estimate of drug-likeness (QED) is 0.167. The molecule has 286 valence electrons. The topological polar surface area (TPSA) is 38.7 Å². The second kappa shape index (κ2) is 13.6. The van der Waals surface area contributed by atoms with Crippen LogP contribution in [0.25, 0.3) is 131 Å². The van der Waals surface area contributed by atoms with Crippen LogP contribution in [0.4, 0.5) is 0 Å². The second-order valence-electron chi connectivity index (χ2n) is 16.3. The summed E-state index contributed by atoms with van der Waals surface area (Å²) >= 11 is 0. The van der Waals surface area contributed by atoms with Gasteiger partial charge in [-0.15, -0.1) is 0 Å². The van der Waals surface area contributed by atoms with Crippen LogP contribution in [-0.4, -0.2) is 15.0 Å². The van der Waals surface area contributed by atoms with Crippen molar-refractivity contribution < 1.29 is 0 Å². The third kappa shape index (κ3) is 5.42. The van der Waals surface area contributed by atoms with Gasteiger partial charge in [-0.25, -0.2) is 15.0 Å². The zero-order valence-corrected chi connectivity index (χ0v) is 33.5. The van der Waals surface area contributed by atoms with Crippen LogP contribution < -0.4 is 0 Å². The van der Waals surface area contributed by atoms with Crippen LogP contribution >= 0.6 is 0 Å². The third-order valence-electron chi connectivity index (χ3n) is 12.8. The predicted molar refractivity (Wildman–Crippen MR) is 262 cm³/mol. The van der Waals surface area contributed by atoms with E-state index in [1.807, 2.05) is 6.07 Å². The van der Waals surface area contributed by atoms with Gasteiger partial charge in [0.25, 0.3) is 0 Å². The fraction of sp³-hybridized carbons (Fsp3) is 0. The number of hydrogen-bond donors (Lipinski definition) is 0. The molecule has 3 nitrogen and oxygen atoms in total. The number of para-hydroxylation sites is 1. The normalized spacial score (nSPS) is 11.9. The van der Waals surface area contributed by atoms with Gasteiger partial charge in [-0.1, -0.05) is 182 Å². The number of nitrogens with zero attached hydrogens (tertiary/aromatic N) is 3. The van der Waals surface area contributed by atoms with Crippen molar-refractivity contribution >= 4 is 86.6 Å². The van der Waals surface area contributed by atoms with Crippen molar-refractivity contribution in [2.45, 2.75) is 0 Å². The molecule has 0 atom stereocenters. The summed E-state index contributed by atoms with van der Waals surface area (Å²) < 4.78 is 0. The first-order chi connectivity index (χ1) is 30.7. The van der Waals surface area contributed by atoms with E-state index in [2.05, 4.69) is 206 Å². The smallest absolute Gasteiger partial charge is 0.0972 e. The van der Waals surface area contributed by atoms with Gasteiger partial charge < -0.3 is 0 Å². The van der Waals surface area contributed by atoms with Crippen molar-refractivity contribution in [3.05, 3.63) is 212 Å². The Morgan fingerprint density at radius 2 is 0.726 bits per heavy atom. The number of hydrogen-bond acceptors (Lipinski definition) is 3. The Labute approximate surface area is 357 Å². The predicted octanol–water partition coefficient (Wildman–Crippen LogP) is 15.8. The molecule has 0 saturated carbocycles. The van der Waals surface area contributed by atoms with Gasteiger partial charge >= 0.3 is 0 Å².